The molecule has 3 aromatic rings. The Morgan fingerprint density at radius 3 is 2.58 bits per heavy atom. The zero-order chi connectivity index (χ0) is 17.3. The average molecular weight is 366 g/mol. The van der Waals surface area contributed by atoms with Crippen LogP contribution in [0.5, 0.6) is 0 Å². The molecule has 0 aliphatic rings. The Bertz CT molecular complexity index is 867. The summed E-state index contributed by atoms with van der Waals surface area (Å²) in [6, 6.07) is 6.51. The van der Waals surface area contributed by atoms with Crippen molar-refractivity contribution in [3.05, 3.63) is 46.2 Å². The summed E-state index contributed by atoms with van der Waals surface area (Å²) >= 11 is 11.9. The summed E-state index contributed by atoms with van der Waals surface area (Å²) in [7, 11) is 0. The highest BCUT2D eigenvalue weighted by Gasteiger charge is 2.17. The standard InChI is InChI=1S/C15H13Cl2N5O2/c1-8(2)22-12(3-4-18-22)13(23)19-15-21-20-14(24-15)9-5-10(16)7-11(17)6-9/h3-8H,1-2H3,(H,19,21,23). The number of halogens is 2. The monoisotopic (exact) mass is 365 g/mol. The first-order valence-corrected chi connectivity index (χ1v) is 7.84. The SMILES string of the molecule is CC(C)n1nccc1C(=O)Nc1nnc(-c2cc(Cl)cc(Cl)c2)o1. The summed E-state index contributed by atoms with van der Waals surface area (Å²) in [6.07, 6.45) is 1.56. The maximum Gasteiger partial charge on any atom is 0.322 e. The van der Waals surface area contributed by atoms with Crippen LogP contribution in [-0.4, -0.2) is 25.9 Å². The van der Waals surface area contributed by atoms with Crippen LogP contribution >= 0.6 is 23.2 Å². The van der Waals surface area contributed by atoms with Crippen molar-refractivity contribution in [3.63, 3.8) is 0 Å². The minimum absolute atomic E-state index is 0.0254. The number of aromatic nitrogens is 4. The molecule has 1 amide bonds. The minimum atomic E-state index is -0.388. The van der Waals surface area contributed by atoms with Crippen LogP contribution < -0.4 is 5.32 Å². The van der Waals surface area contributed by atoms with Crippen molar-refractivity contribution in [2.45, 2.75) is 19.9 Å². The highest BCUT2D eigenvalue weighted by Crippen LogP contribution is 2.27. The highest BCUT2D eigenvalue weighted by atomic mass is 35.5. The molecule has 2 heterocycles. The first-order chi connectivity index (χ1) is 11.4. The van der Waals surface area contributed by atoms with Crippen LogP contribution in [0.15, 0.2) is 34.9 Å². The Labute approximate surface area is 147 Å². The molecule has 124 valence electrons. The lowest BCUT2D eigenvalue weighted by molar-refractivity contribution is 0.101. The summed E-state index contributed by atoms with van der Waals surface area (Å²) < 4.78 is 7.05. The number of carbonyl (C=O) groups excluding carboxylic acids is 1. The molecule has 24 heavy (non-hydrogen) atoms. The highest BCUT2D eigenvalue weighted by molar-refractivity contribution is 6.35. The molecule has 7 nitrogen and oxygen atoms in total. The normalized spacial score (nSPS) is 11.0. The van der Waals surface area contributed by atoms with Crippen LogP contribution in [0, 0.1) is 0 Å². The summed E-state index contributed by atoms with van der Waals surface area (Å²) in [5.74, 6) is -0.187. The molecule has 0 saturated carbocycles. The van der Waals surface area contributed by atoms with Gasteiger partial charge in [-0.1, -0.05) is 28.3 Å². The summed E-state index contributed by atoms with van der Waals surface area (Å²) in [5, 5.41) is 15.3. The molecule has 0 bridgehead atoms. The molecular formula is C15H13Cl2N5O2. The van der Waals surface area contributed by atoms with Crippen LogP contribution in [0.2, 0.25) is 10.0 Å². The van der Waals surface area contributed by atoms with Gasteiger partial charge in [-0.2, -0.15) is 5.10 Å². The average Bonchev–Trinajstić information content (AvgIpc) is 3.15. The Hall–Kier alpha value is -2.38. The van der Waals surface area contributed by atoms with Gasteiger partial charge in [-0.3, -0.25) is 14.8 Å². The maximum absolute atomic E-state index is 12.3. The lowest BCUT2D eigenvalue weighted by atomic mass is 10.2. The number of anilines is 1. The largest absolute Gasteiger partial charge is 0.403 e. The Balaban J connectivity index is 1.81. The number of carbonyl (C=O) groups is 1. The van der Waals surface area contributed by atoms with E-state index in [9.17, 15) is 4.79 Å². The van der Waals surface area contributed by atoms with Crippen LogP contribution in [0.3, 0.4) is 0 Å². The summed E-state index contributed by atoms with van der Waals surface area (Å²) in [5.41, 5.74) is 0.961. The molecule has 0 fully saturated rings. The Morgan fingerprint density at radius 1 is 1.21 bits per heavy atom. The van der Waals surface area contributed by atoms with Gasteiger partial charge in [0, 0.05) is 27.8 Å². The molecular weight excluding hydrogens is 353 g/mol. The Kier molecular flexibility index (Phi) is 4.55. The van der Waals surface area contributed by atoms with Gasteiger partial charge in [0.15, 0.2) is 0 Å². The second-order valence-electron chi connectivity index (χ2n) is 5.28. The van der Waals surface area contributed by atoms with E-state index in [2.05, 4.69) is 20.6 Å². The van der Waals surface area contributed by atoms with Gasteiger partial charge in [-0.25, -0.2) is 0 Å². The summed E-state index contributed by atoms with van der Waals surface area (Å²) in [6.45, 7) is 3.86. The van der Waals surface area contributed by atoms with Crippen molar-refractivity contribution >= 4 is 35.1 Å². The Morgan fingerprint density at radius 2 is 1.92 bits per heavy atom. The van der Waals surface area contributed by atoms with Gasteiger partial charge in [0.25, 0.3) is 5.91 Å². The first kappa shape index (κ1) is 16.5. The van der Waals surface area contributed by atoms with E-state index < -0.39 is 0 Å². The number of rotatable bonds is 4. The van der Waals surface area contributed by atoms with Crippen molar-refractivity contribution in [2.24, 2.45) is 0 Å². The van der Waals surface area contributed by atoms with Crippen molar-refractivity contribution in [1.29, 1.82) is 0 Å². The van der Waals surface area contributed by atoms with E-state index in [4.69, 9.17) is 27.6 Å². The van der Waals surface area contributed by atoms with Gasteiger partial charge < -0.3 is 4.42 Å². The molecule has 0 radical (unpaired) electrons. The van der Waals surface area contributed by atoms with Gasteiger partial charge in [0.1, 0.15) is 5.69 Å². The zero-order valence-corrected chi connectivity index (χ0v) is 14.3. The van der Waals surface area contributed by atoms with E-state index in [1.165, 1.54) is 0 Å². The lowest BCUT2D eigenvalue weighted by Crippen LogP contribution is -2.19. The van der Waals surface area contributed by atoms with E-state index in [1.807, 2.05) is 13.8 Å². The smallest absolute Gasteiger partial charge is 0.322 e. The fourth-order valence-electron chi connectivity index (χ4n) is 2.13. The number of benzene rings is 1. The number of hydrogen-bond donors (Lipinski definition) is 1. The van der Waals surface area contributed by atoms with E-state index in [0.717, 1.165) is 0 Å². The number of nitrogens with one attached hydrogen (secondary N) is 1. The van der Waals surface area contributed by atoms with Crippen molar-refractivity contribution < 1.29 is 9.21 Å². The third-order valence-corrected chi connectivity index (χ3v) is 3.58. The first-order valence-electron chi connectivity index (χ1n) is 7.09. The van der Waals surface area contributed by atoms with E-state index in [-0.39, 0.29) is 23.9 Å². The fourth-order valence-corrected chi connectivity index (χ4v) is 2.66. The van der Waals surface area contributed by atoms with Crippen LogP contribution in [0.4, 0.5) is 6.01 Å². The summed E-state index contributed by atoms with van der Waals surface area (Å²) in [4.78, 5) is 12.3. The quantitative estimate of drug-likeness (QED) is 0.752. The molecule has 1 aromatic carbocycles. The second-order valence-corrected chi connectivity index (χ2v) is 6.15. The minimum Gasteiger partial charge on any atom is -0.403 e. The van der Waals surface area contributed by atoms with Gasteiger partial charge in [-0.05, 0) is 38.1 Å². The number of nitrogens with zero attached hydrogens (tertiary/aromatic N) is 4. The van der Waals surface area contributed by atoms with Crippen molar-refractivity contribution in [2.75, 3.05) is 5.32 Å². The fraction of sp³-hybridized carbons (Fsp3) is 0.200. The van der Waals surface area contributed by atoms with E-state index >= 15 is 0 Å². The van der Waals surface area contributed by atoms with Crippen LogP contribution in [0.1, 0.15) is 30.4 Å². The third-order valence-electron chi connectivity index (χ3n) is 3.15. The molecule has 9 heteroatoms. The third kappa shape index (κ3) is 3.42. The van der Waals surface area contributed by atoms with Gasteiger partial charge in [-0.15, -0.1) is 5.10 Å². The molecule has 0 unspecified atom stereocenters. The van der Waals surface area contributed by atoms with Crippen LogP contribution in [-0.2, 0) is 0 Å². The van der Waals surface area contributed by atoms with E-state index in [1.54, 1.807) is 35.1 Å². The molecule has 1 N–H and O–H groups in total. The molecule has 0 aliphatic carbocycles. The van der Waals surface area contributed by atoms with E-state index in [0.29, 0.717) is 21.3 Å². The van der Waals surface area contributed by atoms with Gasteiger partial charge >= 0.3 is 6.01 Å². The number of amides is 1. The zero-order valence-electron chi connectivity index (χ0n) is 12.8. The molecule has 3 rings (SSSR count). The molecule has 0 aliphatic heterocycles. The number of hydrogen-bond acceptors (Lipinski definition) is 5. The van der Waals surface area contributed by atoms with Gasteiger partial charge in [0.05, 0.1) is 0 Å². The predicted octanol–water partition coefficient (Wildman–Crippen LogP) is 4.07. The molecule has 0 saturated heterocycles. The molecule has 0 spiro atoms. The predicted molar refractivity (Wildman–Crippen MR) is 90.3 cm³/mol. The molecule has 2 aromatic heterocycles. The lowest BCUT2D eigenvalue weighted by Gasteiger charge is -2.09. The maximum atomic E-state index is 12.3. The topological polar surface area (TPSA) is 85.8 Å². The molecule has 0 atom stereocenters. The second kappa shape index (κ2) is 6.62. The van der Waals surface area contributed by atoms with Gasteiger partial charge in [0.2, 0.25) is 5.89 Å². The van der Waals surface area contributed by atoms with Crippen LogP contribution in [0.25, 0.3) is 11.5 Å². The van der Waals surface area contributed by atoms with Crippen molar-refractivity contribution in [1.82, 2.24) is 20.0 Å². The van der Waals surface area contributed by atoms with Crippen molar-refractivity contribution in [3.8, 4) is 11.5 Å².